The first kappa shape index (κ1) is 18.9. The Morgan fingerprint density at radius 3 is 2.54 bits per heavy atom. The van der Waals surface area contributed by atoms with Crippen LogP contribution < -0.4 is 5.32 Å². The summed E-state index contributed by atoms with van der Waals surface area (Å²) < 4.78 is 5.30. The molecule has 1 heterocycles. The summed E-state index contributed by atoms with van der Waals surface area (Å²) in [6.45, 7) is 7.38. The minimum Gasteiger partial charge on any atom is -0.466 e. The summed E-state index contributed by atoms with van der Waals surface area (Å²) in [5.74, 6) is 3.04. The molecule has 28 heavy (non-hydrogen) atoms. The Morgan fingerprint density at radius 2 is 1.82 bits per heavy atom. The van der Waals surface area contributed by atoms with Gasteiger partial charge in [-0.2, -0.15) is 0 Å². The van der Waals surface area contributed by atoms with Crippen LogP contribution in [0.15, 0.2) is 0 Å². The molecule has 1 aliphatic heterocycles. The molecule has 4 saturated carbocycles. The van der Waals surface area contributed by atoms with E-state index in [1.807, 2.05) is 6.92 Å². The third-order valence-corrected chi connectivity index (χ3v) is 10.2. The number of carbonyl (C=O) groups is 2. The lowest BCUT2D eigenvalue weighted by molar-refractivity contribution is -0.151. The molecule has 7 unspecified atom stereocenters. The molecule has 4 aliphatic carbocycles. The molecule has 4 heteroatoms. The van der Waals surface area contributed by atoms with Crippen LogP contribution in [0.25, 0.3) is 0 Å². The van der Waals surface area contributed by atoms with Crippen molar-refractivity contribution in [3.05, 3.63) is 0 Å². The van der Waals surface area contributed by atoms with Crippen LogP contribution >= 0.6 is 0 Å². The van der Waals surface area contributed by atoms with Gasteiger partial charge in [0.15, 0.2) is 0 Å². The van der Waals surface area contributed by atoms with Crippen LogP contribution in [-0.2, 0) is 14.3 Å². The Bertz CT molecular complexity index is 685. The quantitative estimate of drug-likeness (QED) is 0.727. The number of esters is 1. The number of rotatable bonds is 3. The molecule has 0 bridgehead atoms. The van der Waals surface area contributed by atoms with Crippen molar-refractivity contribution in [2.24, 2.45) is 39.9 Å². The third-order valence-electron chi connectivity index (χ3n) is 10.2. The van der Waals surface area contributed by atoms with Crippen molar-refractivity contribution in [1.29, 1.82) is 0 Å². The van der Waals surface area contributed by atoms with Crippen LogP contribution in [0.5, 0.6) is 0 Å². The molecule has 156 valence electrons. The van der Waals surface area contributed by atoms with E-state index in [-0.39, 0.29) is 17.3 Å². The molecule has 1 N–H and O–H groups in total. The Morgan fingerprint density at radius 1 is 1.07 bits per heavy atom. The maximum atomic E-state index is 12.2. The van der Waals surface area contributed by atoms with Crippen LogP contribution in [0.4, 0.5) is 0 Å². The number of nitrogens with one attached hydrogen (secondary N) is 1. The van der Waals surface area contributed by atoms with Crippen LogP contribution in [0.2, 0.25) is 0 Å². The van der Waals surface area contributed by atoms with Gasteiger partial charge in [-0.15, -0.1) is 0 Å². The summed E-state index contributed by atoms with van der Waals surface area (Å²) in [5, 5.41) is 3.46. The molecular formula is C24H37NO3. The molecule has 0 radical (unpaired) electrons. The first-order valence-electron chi connectivity index (χ1n) is 11.8. The third kappa shape index (κ3) is 2.55. The summed E-state index contributed by atoms with van der Waals surface area (Å²) in [6, 6.07) is 0.406. The topological polar surface area (TPSA) is 55.4 Å². The highest BCUT2D eigenvalue weighted by Crippen LogP contribution is 2.72. The maximum Gasteiger partial charge on any atom is 0.306 e. The van der Waals surface area contributed by atoms with Crippen molar-refractivity contribution < 1.29 is 14.3 Å². The highest BCUT2D eigenvalue weighted by molar-refractivity contribution is 5.77. The zero-order chi connectivity index (χ0) is 19.7. The van der Waals surface area contributed by atoms with Crippen LogP contribution in [-0.4, -0.2) is 24.5 Å². The van der Waals surface area contributed by atoms with Crippen LogP contribution in [0.3, 0.4) is 0 Å². The monoisotopic (exact) mass is 387 g/mol. The average molecular weight is 388 g/mol. The highest BCUT2D eigenvalue weighted by atomic mass is 16.5. The van der Waals surface area contributed by atoms with Gasteiger partial charge < -0.3 is 10.1 Å². The van der Waals surface area contributed by atoms with E-state index >= 15 is 0 Å². The number of fused-ring (bicyclic) bond motifs is 6. The summed E-state index contributed by atoms with van der Waals surface area (Å²) >= 11 is 0. The first-order chi connectivity index (χ1) is 13.3. The molecule has 7 atom stereocenters. The Labute approximate surface area is 169 Å². The van der Waals surface area contributed by atoms with E-state index in [1.165, 1.54) is 44.9 Å². The van der Waals surface area contributed by atoms with Gasteiger partial charge in [0, 0.05) is 18.9 Å². The summed E-state index contributed by atoms with van der Waals surface area (Å²) in [7, 11) is 0. The average Bonchev–Trinajstić information content (AvgIpc) is 3.34. The second kappa shape index (κ2) is 6.22. The van der Waals surface area contributed by atoms with E-state index in [4.69, 9.17) is 4.74 Å². The molecule has 0 aromatic heterocycles. The zero-order valence-electron chi connectivity index (χ0n) is 17.9. The fourth-order valence-electron chi connectivity index (χ4n) is 8.67. The van der Waals surface area contributed by atoms with Crippen molar-refractivity contribution in [3.8, 4) is 0 Å². The molecule has 5 aliphatic rings. The predicted octanol–water partition coefficient (Wildman–Crippen LogP) is 4.47. The molecule has 1 saturated heterocycles. The van der Waals surface area contributed by atoms with Gasteiger partial charge >= 0.3 is 5.97 Å². The van der Waals surface area contributed by atoms with Crippen molar-refractivity contribution >= 4 is 11.9 Å². The van der Waals surface area contributed by atoms with Gasteiger partial charge in [-0.3, -0.25) is 9.59 Å². The second-order valence-corrected chi connectivity index (χ2v) is 11.3. The van der Waals surface area contributed by atoms with Gasteiger partial charge in [0.1, 0.15) is 0 Å². The number of amides is 1. The Balaban J connectivity index is 1.42. The lowest BCUT2D eigenvalue weighted by Gasteiger charge is -2.63. The van der Waals surface area contributed by atoms with E-state index < -0.39 is 0 Å². The number of carbonyl (C=O) groups excluding carboxylic acids is 2. The van der Waals surface area contributed by atoms with E-state index in [1.54, 1.807) is 0 Å². The Kier molecular flexibility index (Phi) is 4.21. The number of piperidine rings is 1. The standard InChI is InChI=1S/C24H37NO3/c1-4-28-20(27)13-15-5-6-17-16-14-24(11-12-24)21-23(3,10-8-19(26)25-21)18(16)7-9-22(15,17)2/h15-18,21H,4-14H2,1-3H3,(H,25,26). The smallest absolute Gasteiger partial charge is 0.306 e. The van der Waals surface area contributed by atoms with Crippen molar-refractivity contribution in [2.45, 2.75) is 91.0 Å². The zero-order valence-corrected chi connectivity index (χ0v) is 17.9. The fraction of sp³-hybridized carbons (Fsp3) is 0.917. The second-order valence-electron chi connectivity index (χ2n) is 11.3. The summed E-state index contributed by atoms with van der Waals surface area (Å²) in [5.41, 5.74) is 0.947. The fourth-order valence-corrected chi connectivity index (χ4v) is 8.67. The first-order valence-corrected chi connectivity index (χ1v) is 11.8. The molecule has 4 nitrogen and oxygen atoms in total. The van der Waals surface area contributed by atoms with Crippen LogP contribution in [0.1, 0.15) is 85.0 Å². The van der Waals surface area contributed by atoms with E-state index in [9.17, 15) is 9.59 Å². The number of hydrogen-bond donors (Lipinski definition) is 1. The van der Waals surface area contributed by atoms with Crippen molar-refractivity contribution in [3.63, 3.8) is 0 Å². The van der Waals surface area contributed by atoms with Gasteiger partial charge in [0.25, 0.3) is 0 Å². The molecule has 1 amide bonds. The minimum atomic E-state index is 0.000763. The molecule has 5 rings (SSSR count). The largest absolute Gasteiger partial charge is 0.466 e. The molecule has 1 spiro atoms. The molecular weight excluding hydrogens is 350 g/mol. The normalized spacial score (nSPS) is 48.2. The molecule has 0 aromatic carbocycles. The van der Waals surface area contributed by atoms with Crippen molar-refractivity contribution in [2.75, 3.05) is 6.61 Å². The van der Waals surface area contributed by atoms with Gasteiger partial charge in [-0.05, 0) is 98.2 Å². The maximum absolute atomic E-state index is 12.2. The summed E-state index contributed by atoms with van der Waals surface area (Å²) in [6.07, 6.45) is 11.3. The van der Waals surface area contributed by atoms with Crippen LogP contribution in [0, 0.1) is 39.9 Å². The van der Waals surface area contributed by atoms with E-state index in [2.05, 4.69) is 19.2 Å². The lowest BCUT2D eigenvalue weighted by Crippen LogP contribution is -2.65. The number of hydrogen-bond acceptors (Lipinski definition) is 3. The van der Waals surface area contributed by atoms with Gasteiger partial charge in [0.05, 0.1) is 6.61 Å². The predicted molar refractivity (Wildman–Crippen MR) is 107 cm³/mol. The number of ether oxygens (including phenoxy) is 1. The SMILES string of the molecule is CCOC(=O)CC1CCC2C3CC4(CC4)C4NC(=O)CCC4(C)C3CCC12C. The highest BCUT2D eigenvalue weighted by Gasteiger charge is 2.68. The van der Waals surface area contributed by atoms with E-state index in [0.29, 0.717) is 42.2 Å². The van der Waals surface area contributed by atoms with E-state index in [0.717, 1.165) is 24.2 Å². The minimum absolute atomic E-state index is 0.000763. The molecule has 5 fully saturated rings. The summed E-state index contributed by atoms with van der Waals surface area (Å²) in [4.78, 5) is 24.4. The van der Waals surface area contributed by atoms with Gasteiger partial charge in [-0.1, -0.05) is 13.8 Å². The molecule has 0 aromatic rings. The Hall–Kier alpha value is -1.06. The van der Waals surface area contributed by atoms with Crippen molar-refractivity contribution in [1.82, 2.24) is 5.32 Å². The van der Waals surface area contributed by atoms with Gasteiger partial charge in [-0.25, -0.2) is 0 Å². The van der Waals surface area contributed by atoms with Gasteiger partial charge in [0.2, 0.25) is 5.91 Å². The lowest BCUT2D eigenvalue weighted by atomic mass is 9.44.